The number of aliphatic hydroxyl groups excluding tert-OH is 1. The van der Waals surface area contributed by atoms with Gasteiger partial charge in [-0.1, -0.05) is 18.2 Å². The Morgan fingerprint density at radius 1 is 1.35 bits per heavy atom. The standard InChI is InChI=1S/C12H8BrNO2S/c13-12-11(17-6-14-12)10(15)9-5-7-3-1-2-4-8(7)16-9/h1-6,10,15H. The molecule has 3 rings (SSSR count). The fraction of sp³-hybridized carbons (Fsp3) is 0.0833. The van der Waals surface area contributed by atoms with Crippen LogP contribution in [0.2, 0.25) is 0 Å². The minimum absolute atomic E-state index is 0.538. The highest BCUT2D eigenvalue weighted by atomic mass is 79.9. The van der Waals surface area contributed by atoms with Crippen molar-refractivity contribution in [2.75, 3.05) is 0 Å². The fourth-order valence-electron chi connectivity index (χ4n) is 1.69. The van der Waals surface area contributed by atoms with E-state index >= 15 is 0 Å². The molecule has 0 saturated carbocycles. The van der Waals surface area contributed by atoms with Gasteiger partial charge < -0.3 is 9.52 Å². The maximum atomic E-state index is 10.2. The maximum Gasteiger partial charge on any atom is 0.148 e. The second-order valence-electron chi connectivity index (χ2n) is 3.60. The molecule has 1 N–H and O–H groups in total. The first-order valence-corrected chi connectivity index (χ1v) is 6.68. The van der Waals surface area contributed by atoms with E-state index in [4.69, 9.17) is 4.42 Å². The van der Waals surface area contributed by atoms with Gasteiger partial charge in [-0.15, -0.1) is 11.3 Å². The zero-order chi connectivity index (χ0) is 11.8. The second kappa shape index (κ2) is 4.25. The highest BCUT2D eigenvalue weighted by Gasteiger charge is 2.19. The van der Waals surface area contributed by atoms with Gasteiger partial charge in [0.05, 0.1) is 10.4 Å². The number of aliphatic hydroxyl groups is 1. The summed E-state index contributed by atoms with van der Waals surface area (Å²) in [5.41, 5.74) is 2.47. The van der Waals surface area contributed by atoms with Crippen LogP contribution in [0.5, 0.6) is 0 Å². The van der Waals surface area contributed by atoms with Crippen molar-refractivity contribution in [3.8, 4) is 0 Å². The van der Waals surface area contributed by atoms with Crippen molar-refractivity contribution in [1.29, 1.82) is 0 Å². The van der Waals surface area contributed by atoms with Crippen LogP contribution in [0.1, 0.15) is 16.7 Å². The molecule has 86 valence electrons. The van der Waals surface area contributed by atoms with Crippen LogP contribution in [-0.4, -0.2) is 10.1 Å². The van der Waals surface area contributed by atoms with Gasteiger partial charge in [-0.05, 0) is 28.1 Å². The summed E-state index contributed by atoms with van der Waals surface area (Å²) < 4.78 is 6.28. The smallest absolute Gasteiger partial charge is 0.148 e. The molecule has 1 unspecified atom stereocenters. The van der Waals surface area contributed by atoms with E-state index in [1.54, 1.807) is 5.51 Å². The van der Waals surface area contributed by atoms with E-state index < -0.39 is 6.10 Å². The van der Waals surface area contributed by atoms with Crippen molar-refractivity contribution >= 4 is 38.2 Å². The summed E-state index contributed by atoms with van der Waals surface area (Å²) in [6.45, 7) is 0. The molecule has 0 aliphatic heterocycles. The van der Waals surface area contributed by atoms with Crippen molar-refractivity contribution in [2.45, 2.75) is 6.10 Å². The minimum atomic E-state index is -0.774. The molecule has 1 atom stereocenters. The van der Waals surface area contributed by atoms with Crippen molar-refractivity contribution in [3.63, 3.8) is 0 Å². The maximum absolute atomic E-state index is 10.2. The lowest BCUT2D eigenvalue weighted by atomic mass is 10.2. The first kappa shape index (κ1) is 11.0. The van der Waals surface area contributed by atoms with Crippen LogP contribution in [0.25, 0.3) is 11.0 Å². The molecule has 2 aromatic heterocycles. The van der Waals surface area contributed by atoms with Gasteiger partial charge in [0.2, 0.25) is 0 Å². The molecule has 17 heavy (non-hydrogen) atoms. The predicted molar refractivity (Wildman–Crippen MR) is 70.1 cm³/mol. The Kier molecular flexibility index (Phi) is 2.74. The molecule has 0 aliphatic carbocycles. The highest BCUT2D eigenvalue weighted by molar-refractivity contribution is 9.10. The van der Waals surface area contributed by atoms with Crippen molar-refractivity contribution < 1.29 is 9.52 Å². The second-order valence-corrected chi connectivity index (χ2v) is 5.23. The van der Waals surface area contributed by atoms with Crippen LogP contribution in [0.4, 0.5) is 0 Å². The van der Waals surface area contributed by atoms with Crippen molar-refractivity contribution in [1.82, 2.24) is 4.98 Å². The largest absolute Gasteiger partial charge is 0.458 e. The molecule has 0 bridgehead atoms. The van der Waals surface area contributed by atoms with E-state index in [1.165, 1.54) is 11.3 Å². The molecular weight excluding hydrogens is 302 g/mol. The first-order valence-electron chi connectivity index (χ1n) is 5.01. The van der Waals surface area contributed by atoms with E-state index in [0.717, 1.165) is 15.8 Å². The number of fused-ring (bicyclic) bond motifs is 1. The van der Waals surface area contributed by atoms with Crippen LogP contribution in [0.3, 0.4) is 0 Å². The van der Waals surface area contributed by atoms with Gasteiger partial charge >= 0.3 is 0 Å². The summed E-state index contributed by atoms with van der Waals surface area (Å²) in [4.78, 5) is 4.80. The molecule has 5 heteroatoms. The summed E-state index contributed by atoms with van der Waals surface area (Å²) >= 11 is 4.70. The molecule has 3 aromatic rings. The molecule has 2 heterocycles. The SMILES string of the molecule is OC(c1cc2ccccc2o1)c1scnc1Br. The Morgan fingerprint density at radius 2 is 2.18 bits per heavy atom. The lowest BCUT2D eigenvalue weighted by Gasteiger charge is -2.04. The Morgan fingerprint density at radius 3 is 2.88 bits per heavy atom. The summed E-state index contributed by atoms with van der Waals surface area (Å²) in [6, 6.07) is 9.54. The molecule has 0 spiro atoms. The third kappa shape index (κ3) is 1.90. The molecule has 0 aliphatic rings. The van der Waals surface area contributed by atoms with E-state index in [-0.39, 0.29) is 0 Å². The Bertz CT molecular complexity index is 628. The number of furan rings is 1. The number of aromatic nitrogens is 1. The number of nitrogens with zero attached hydrogens (tertiary/aromatic N) is 1. The highest BCUT2D eigenvalue weighted by Crippen LogP contribution is 2.33. The van der Waals surface area contributed by atoms with Gasteiger partial charge in [0.15, 0.2) is 0 Å². The average molecular weight is 310 g/mol. The van der Waals surface area contributed by atoms with Crippen molar-refractivity contribution in [3.05, 3.63) is 51.1 Å². The van der Waals surface area contributed by atoms with Gasteiger partial charge in [0, 0.05) is 5.39 Å². The van der Waals surface area contributed by atoms with Crippen LogP contribution in [-0.2, 0) is 0 Å². The summed E-state index contributed by atoms with van der Waals surface area (Å²) in [6.07, 6.45) is -0.774. The number of benzene rings is 1. The van der Waals surface area contributed by atoms with Crippen LogP contribution < -0.4 is 0 Å². The molecule has 0 fully saturated rings. The lowest BCUT2D eigenvalue weighted by molar-refractivity contribution is 0.195. The summed E-state index contributed by atoms with van der Waals surface area (Å²) in [5, 5.41) is 11.2. The van der Waals surface area contributed by atoms with Crippen LogP contribution in [0, 0.1) is 0 Å². The third-order valence-electron chi connectivity index (χ3n) is 2.51. The Labute approximate surface area is 110 Å². The number of halogens is 1. The normalized spacial score (nSPS) is 13.1. The van der Waals surface area contributed by atoms with Gasteiger partial charge in [0.1, 0.15) is 22.1 Å². The molecule has 0 amide bonds. The van der Waals surface area contributed by atoms with Gasteiger partial charge in [0.25, 0.3) is 0 Å². The zero-order valence-corrected chi connectivity index (χ0v) is 11.0. The Balaban J connectivity index is 2.07. The molecule has 1 aromatic carbocycles. The van der Waals surface area contributed by atoms with Crippen LogP contribution in [0.15, 0.2) is 44.9 Å². The average Bonchev–Trinajstić information content (AvgIpc) is 2.93. The van der Waals surface area contributed by atoms with Gasteiger partial charge in [-0.2, -0.15) is 0 Å². The lowest BCUT2D eigenvalue weighted by Crippen LogP contribution is -1.95. The fourth-order valence-corrected chi connectivity index (χ4v) is 3.09. The number of hydrogen-bond acceptors (Lipinski definition) is 4. The van der Waals surface area contributed by atoms with E-state index in [9.17, 15) is 5.11 Å². The van der Waals surface area contributed by atoms with E-state index in [2.05, 4.69) is 20.9 Å². The summed E-state index contributed by atoms with van der Waals surface area (Å²) in [7, 11) is 0. The van der Waals surface area contributed by atoms with E-state index in [0.29, 0.717) is 10.4 Å². The number of para-hydroxylation sites is 1. The molecule has 0 saturated heterocycles. The topological polar surface area (TPSA) is 46.3 Å². The monoisotopic (exact) mass is 309 g/mol. The minimum Gasteiger partial charge on any atom is -0.458 e. The summed E-state index contributed by atoms with van der Waals surface area (Å²) in [5.74, 6) is 0.538. The third-order valence-corrected chi connectivity index (χ3v) is 4.29. The number of rotatable bonds is 2. The van der Waals surface area contributed by atoms with Gasteiger partial charge in [-0.25, -0.2) is 4.98 Å². The molecule has 0 radical (unpaired) electrons. The zero-order valence-electron chi connectivity index (χ0n) is 8.63. The number of hydrogen-bond donors (Lipinski definition) is 1. The Hall–Kier alpha value is -1.17. The van der Waals surface area contributed by atoms with Gasteiger partial charge in [-0.3, -0.25) is 0 Å². The van der Waals surface area contributed by atoms with E-state index in [1.807, 2.05) is 30.3 Å². The number of thiazole rings is 1. The van der Waals surface area contributed by atoms with Crippen molar-refractivity contribution in [2.24, 2.45) is 0 Å². The first-order chi connectivity index (χ1) is 8.25. The molecular formula is C12H8BrNO2S. The predicted octanol–water partition coefficient (Wildman–Crippen LogP) is 3.73. The molecule has 3 nitrogen and oxygen atoms in total. The van der Waals surface area contributed by atoms with Crippen LogP contribution >= 0.6 is 27.3 Å². The quantitative estimate of drug-likeness (QED) is 0.784.